The van der Waals surface area contributed by atoms with E-state index in [4.69, 9.17) is 0 Å². The molecule has 0 atom stereocenters. The van der Waals surface area contributed by atoms with Crippen molar-refractivity contribution in [1.29, 1.82) is 0 Å². The molecule has 0 bridgehead atoms. The second-order valence-electron chi connectivity index (χ2n) is 9.20. The van der Waals surface area contributed by atoms with Gasteiger partial charge < -0.3 is 14.8 Å². The summed E-state index contributed by atoms with van der Waals surface area (Å²) in [5.41, 5.74) is 0.769. The third-order valence-corrected chi connectivity index (χ3v) is 6.81. The van der Waals surface area contributed by atoms with Crippen molar-refractivity contribution in [1.82, 2.24) is 19.7 Å². The maximum absolute atomic E-state index is 13.4. The lowest BCUT2D eigenvalue weighted by atomic mass is 10.1. The van der Waals surface area contributed by atoms with E-state index in [0.29, 0.717) is 13.1 Å². The van der Waals surface area contributed by atoms with Crippen molar-refractivity contribution in [3.05, 3.63) is 88.4 Å². The molecule has 1 aliphatic heterocycles. The minimum Gasteiger partial charge on any atom is -0.349 e. The van der Waals surface area contributed by atoms with E-state index in [2.05, 4.69) is 41.1 Å². The first kappa shape index (κ1) is 24.7. The summed E-state index contributed by atoms with van der Waals surface area (Å²) in [6, 6.07) is 10.4. The normalized spacial score (nSPS) is 17.1. The maximum Gasteiger partial charge on any atom is 0.259 e. The van der Waals surface area contributed by atoms with Crippen LogP contribution in [0.3, 0.4) is 0 Å². The molecule has 2 amide bonds. The first-order valence-corrected chi connectivity index (χ1v) is 12.4. The van der Waals surface area contributed by atoms with E-state index in [0.717, 1.165) is 50.9 Å². The summed E-state index contributed by atoms with van der Waals surface area (Å²) in [6.45, 7) is 7.26. The number of carbonyl (C=O) groups excluding carboxylic acids is 2. The highest BCUT2D eigenvalue weighted by molar-refractivity contribution is 5.99. The quantitative estimate of drug-likeness (QED) is 0.596. The van der Waals surface area contributed by atoms with Crippen molar-refractivity contribution in [2.45, 2.75) is 31.7 Å². The van der Waals surface area contributed by atoms with Crippen molar-refractivity contribution in [3.63, 3.8) is 0 Å². The molecule has 2 heterocycles. The minimum absolute atomic E-state index is 0.0225. The molecule has 1 aliphatic carbocycles. The Balaban J connectivity index is 1.46. The Morgan fingerprint density at radius 3 is 2.37 bits per heavy atom. The monoisotopic (exact) mass is 474 g/mol. The Labute approximate surface area is 206 Å². The summed E-state index contributed by atoms with van der Waals surface area (Å²) in [6.07, 6.45) is 13.3. The molecule has 1 N–H and O–H groups in total. The molecule has 0 radical (unpaired) electrons. The van der Waals surface area contributed by atoms with Crippen LogP contribution in [0.5, 0.6) is 0 Å². The van der Waals surface area contributed by atoms with Crippen molar-refractivity contribution in [2.75, 3.05) is 39.3 Å². The van der Waals surface area contributed by atoms with Crippen LogP contribution in [-0.4, -0.2) is 65.4 Å². The van der Waals surface area contributed by atoms with Crippen LogP contribution >= 0.6 is 0 Å². The highest BCUT2D eigenvalue weighted by Crippen LogP contribution is 2.29. The zero-order valence-electron chi connectivity index (χ0n) is 20.2. The van der Waals surface area contributed by atoms with E-state index in [1.807, 2.05) is 22.8 Å². The lowest BCUT2D eigenvalue weighted by Gasteiger charge is -2.34. The smallest absolute Gasteiger partial charge is 0.259 e. The summed E-state index contributed by atoms with van der Waals surface area (Å²) in [5, 5.41) is 2.68. The predicted octanol–water partition coefficient (Wildman–Crippen LogP) is 3.35. The van der Waals surface area contributed by atoms with Crippen molar-refractivity contribution in [2.24, 2.45) is 0 Å². The van der Waals surface area contributed by atoms with Crippen LogP contribution in [0, 0.1) is 0 Å². The maximum atomic E-state index is 13.4. The van der Waals surface area contributed by atoms with Crippen molar-refractivity contribution in [3.8, 4) is 0 Å². The van der Waals surface area contributed by atoms with Gasteiger partial charge in [-0.1, -0.05) is 61.4 Å². The Morgan fingerprint density at radius 1 is 1.00 bits per heavy atom. The van der Waals surface area contributed by atoms with Gasteiger partial charge in [0.15, 0.2) is 0 Å². The van der Waals surface area contributed by atoms with E-state index in [-0.39, 0.29) is 29.6 Å². The molecular formula is C28H34N4O3. The zero-order chi connectivity index (χ0) is 24.6. The summed E-state index contributed by atoms with van der Waals surface area (Å²) in [7, 11) is 0. The lowest BCUT2D eigenvalue weighted by molar-refractivity contribution is 0.0648. The number of pyridine rings is 1. The van der Waals surface area contributed by atoms with Gasteiger partial charge in [-0.15, -0.1) is 6.58 Å². The highest BCUT2D eigenvalue weighted by Gasteiger charge is 2.27. The molecule has 2 aliphatic rings. The Morgan fingerprint density at radius 2 is 1.69 bits per heavy atom. The summed E-state index contributed by atoms with van der Waals surface area (Å²) < 4.78 is 1.91. The molecule has 1 saturated heterocycles. The van der Waals surface area contributed by atoms with Gasteiger partial charge in [0.25, 0.3) is 11.8 Å². The van der Waals surface area contributed by atoms with Crippen LogP contribution < -0.4 is 10.7 Å². The third kappa shape index (κ3) is 6.17. The first-order chi connectivity index (χ1) is 17.1. The molecule has 1 aromatic heterocycles. The number of nitrogens with one attached hydrogen (secondary N) is 1. The summed E-state index contributed by atoms with van der Waals surface area (Å²) >= 11 is 0. The number of carbonyl (C=O) groups is 2. The second kappa shape index (κ2) is 11.8. The molecule has 35 heavy (non-hydrogen) atoms. The van der Waals surface area contributed by atoms with Gasteiger partial charge in [0, 0.05) is 57.7 Å². The molecule has 2 fully saturated rings. The minimum atomic E-state index is -0.501. The van der Waals surface area contributed by atoms with Crippen molar-refractivity contribution < 1.29 is 9.59 Å². The number of rotatable bonds is 8. The third-order valence-electron chi connectivity index (χ3n) is 6.81. The molecular weight excluding hydrogens is 440 g/mol. The van der Waals surface area contributed by atoms with Gasteiger partial charge in [-0.3, -0.25) is 19.3 Å². The van der Waals surface area contributed by atoms with Crippen LogP contribution in [0.25, 0.3) is 6.08 Å². The Hall–Kier alpha value is -3.45. The zero-order valence-corrected chi connectivity index (χ0v) is 20.2. The van der Waals surface area contributed by atoms with Crippen LogP contribution in [0.2, 0.25) is 0 Å². The van der Waals surface area contributed by atoms with Crippen LogP contribution in [0.1, 0.15) is 58.0 Å². The first-order valence-electron chi connectivity index (χ1n) is 12.4. The van der Waals surface area contributed by atoms with Gasteiger partial charge in [0.2, 0.25) is 5.43 Å². The van der Waals surface area contributed by atoms with Gasteiger partial charge >= 0.3 is 0 Å². The molecule has 7 heteroatoms. The van der Waals surface area contributed by atoms with Gasteiger partial charge in [-0.25, -0.2) is 0 Å². The molecule has 1 saturated carbocycles. The largest absolute Gasteiger partial charge is 0.349 e. The Bertz CT molecular complexity index is 1120. The fourth-order valence-corrected chi connectivity index (χ4v) is 4.79. The van der Waals surface area contributed by atoms with E-state index in [1.54, 1.807) is 23.4 Å². The molecule has 2 aromatic rings. The van der Waals surface area contributed by atoms with Gasteiger partial charge in [0.05, 0.1) is 0 Å². The number of nitrogens with zero attached hydrogens (tertiary/aromatic N) is 3. The molecule has 4 rings (SSSR count). The van der Waals surface area contributed by atoms with E-state index >= 15 is 0 Å². The van der Waals surface area contributed by atoms with Gasteiger partial charge in [-0.2, -0.15) is 0 Å². The number of benzene rings is 1. The fraction of sp³-hybridized carbons (Fsp3) is 0.393. The van der Waals surface area contributed by atoms with Crippen LogP contribution in [0.15, 0.2) is 66.3 Å². The van der Waals surface area contributed by atoms with Gasteiger partial charge in [-0.05, 0) is 18.4 Å². The molecule has 7 nitrogen and oxygen atoms in total. The topological polar surface area (TPSA) is 74.7 Å². The number of hydrogen-bond acceptors (Lipinski definition) is 4. The van der Waals surface area contributed by atoms with E-state index in [9.17, 15) is 14.4 Å². The van der Waals surface area contributed by atoms with Crippen molar-refractivity contribution >= 4 is 17.9 Å². The molecule has 0 unspecified atom stereocenters. The van der Waals surface area contributed by atoms with E-state index in [1.165, 1.54) is 0 Å². The highest BCUT2D eigenvalue weighted by atomic mass is 16.2. The fourth-order valence-electron chi connectivity index (χ4n) is 4.79. The SMILES string of the molecule is C=CCNC(=O)c1cn(C2CCCC2)cc(C(=O)N2CCN(C/C=C/c3ccccc3)CC2)c1=O. The number of piperazine rings is 1. The average Bonchev–Trinajstić information content (AvgIpc) is 3.43. The predicted molar refractivity (Wildman–Crippen MR) is 139 cm³/mol. The standard InChI is InChI=1S/C28H34N4O3/c1-2-14-29-27(34)24-20-32(23-12-6-7-13-23)21-25(26(24)33)28(35)31-18-16-30(17-19-31)15-8-11-22-9-4-3-5-10-22/h2-5,8-11,20-21,23H,1,6-7,12-19H2,(H,29,34)/b11-8+. The number of aromatic nitrogens is 1. The van der Waals surface area contributed by atoms with Crippen LogP contribution in [0.4, 0.5) is 0 Å². The van der Waals surface area contributed by atoms with Gasteiger partial charge in [0.1, 0.15) is 11.1 Å². The molecule has 1 aromatic carbocycles. The van der Waals surface area contributed by atoms with Crippen LogP contribution in [-0.2, 0) is 0 Å². The number of amides is 2. The van der Waals surface area contributed by atoms with E-state index < -0.39 is 11.3 Å². The molecule has 184 valence electrons. The number of hydrogen-bond donors (Lipinski definition) is 1. The summed E-state index contributed by atoms with van der Waals surface area (Å²) in [4.78, 5) is 43.3. The molecule has 0 spiro atoms. The average molecular weight is 475 g/mol. The summed E-state index contributed by atoms with van der Waals surface area (Å²) in [5.74, 6) is -0.758. The Kier molecular flexibility index (Phi) is 8.32. The second-order valence-corrected chi connectivity index (χ2v) is 9.20. The lowest BCUT2D eigenvalue weighted by Crippen LogP contribution is -2.49.